The molecule has 0 aliphatic rings. The van der Waals surface area contributed by atoms with Crippen LogP contribution < -0.4 is 5.32 Å². The maximum absolute atomic E-state index is 4.60. The van der Waals surface area contributed by atoms with Crippen LogP contribution in [-0.2, 0) is 12.0 Å². The van der Waals surface area contributed by atoms with E-state index in [2.05, 4.69) is 76.3 Å². The number of nitrogens with zero attached hydrogens (tertiary/aromatic N) is 1. The van der Waals surface area contributed by atoms with E-state index in [0.717, 1.165) is 28.2 Å². The molecule has 0 aliphatic carbocycles. The molecule has 3 nitrogen and oxygen atoms in total. The van der Waals surface area contributed by atoms with Gasteiger partial charge in [0.05, 0.1) is 6.54 Å². The first-order chi connectivity index (χ1) is 8.91. The molecular formula is C15H20BrN3. The number of H-pyrrole nitrogens is 1. The fourth-order valence-corrected chi connectivity index (χ4v) is 2.51. The molecule has 0 saturated carbocycles. The summed E-state index contributed by atoms with van der Waals surface area (Å²) in [6, 6.07) is 8.61. The molecule has 0 bridgehead atoms. The van der Waals surface area contributed by atoms with Gasteiger partial charge in [-0.15, -0.1) is 0 Å². The SMILES string of the molecule is CNCc1nc(-c2ccc(C(C)(C)C)cc2)c(Br)[nH]1. The molecule has 0 spiro atoms. The van der Waals surface area contributed by atoms with Crippen molar-refractivity contribution in [1.29, 1.82) is 0 Å². The molecule has 0 amide bonds. The molecule has 2 rings (SSSR count). The lowest BCUT2D eigenvalue weighted by Crippen LogP contribution is -2.10. The van der Waals surface area contributed by atoms with Crippen molar-refractivity contribution in [2.45, 2.75) is 32.7 Å². The third-order valence-corrected chi connectivity index (χ3v) is 3.65. The number of rotatable bonds is 3. The highest BCUT2D eigenvalue weighted by molar-refractivity contribution is 9.10. The van der Waals surface area contributed by atoms with Crippen molar-refractivity contribution < 1.29 is 0 Å². The minimum absolute atomic E-state index is 0.179. The van der Waals surface area contributed by atoms with Crippen molar-refractivity contribution in [3.05, 3.63) is 40.3 Å². The number of hydrogen-bond donors (Lipinski definition) is 2. The Bertz CT molecular complexity index is 550. The average molecular weight is 322 g/mol. The second-order valence-corrected chi connectivity index (χ2v) is 6.50. The molecule has 0 atom stereocenters. The summed E-state index contributed by atoms with van der Waals surface area (Å²) in [5, 5.41) is 3.09. The molecule has 2 N–H and O–H groups in total. The van der Waals surface area contributed by atoms with Gasteiger partial charge in [-0.3, -0.25) is 0 Å². The van der Waals surface area contributed by atoms with Crippen molar-refractivity contribution in [3.8, 4) is 11.3 Å². The largest absolute Gasteiger partial charge is 0.335 e. The summed E-state index contributed by atoms with van der Waals surface area (Å²) in [5.41, 5.74) is 3.60. The Kier molecular flexibility index (Phi) is 4.11. The number of imidazole rings is 1. The van der Waals surface area contributed by atoms with E-state index in [0.29, 0.717) is 0 Å². The average Bonchev–Trinajstić information content (AvgIpc) is 2.70. The van der Waals surface area contributed by atoms with Crippen LogP contribution >= 0.6 is 15.9 Å². The Labute approximate surface area is 123 Å². The molecule has 1 heterocycles. The van der Waals surface area contributed by atoms with Crippen LogP contribution in [0.5, 0.6) is 0 Å². The molecule has 2 aromatic rings. The van der Waals surface area contributed by atoms with Crippen LogP contribution in [0, 0.1) is 0 Å². The van der Waals surface area contributed by atoms with Crippen LogP contribution in [0.1, 0.15) is 32.2 Å². The van der Waals surface area contributed by atoms with E-state index in [-0.39, 0.29) is 5.41 Å². The maximum atomic E-state index is 4.60. The number of aromatic amines is 1. The summed E-state index contributed by atoms with van der Waals surface area (Å²) in [5.74, 6) is 0.935. The zero-order valence-electron chi connectivity index (χ0n) is 11.8. The van der Waals surface area contributed by atoms with Crippen LogP contribution in [0.2, 0.25) is 0 Å². The minimum Gasteiger partial charge on any atom is -0.335 e. The van der Waals surface area contributed by atoms with Gasteiger partial charge in [-0.1, -0.05) is 45.0 Å². The van der Waals surface area contributed by atoms with Crippen molar-refractivity contribution in [3.63, 3.8) is 0 Å². The van der Waals surface area contributed by atoms with Gasteiger partial charge in [-0.2, -0.15) is 0 Å². The monoisotopic (exact) mass is 321 g/mol. The lowest BCUT2D eigenvalue weighted by atomic mass is 9.86. The summed E-state index contributed by atoms with van der Waals surface area (Å²) in [7, 11) is 1.91. The van der Waals surface area contributed by atoms with Gasteiger partial charge in [0.2, 0.25) is 0 Å². The van der Waals surface area contributed by atoms with Crippen LogP contribution in [0.3, 0.4) is 0 Å². The second kappa shape index (κ2) is 5.47. The molecule has 1 aromatic heterocycles. The summed E-state index contributed by atoms with van der Waals surface area (Å²) >= 11 is 3.54. The molecule has 0 aliphatic heterocycles. The lowest BCUT2D eigenvalue weighted by molar-refractivity contribution is 0.590. The first kappa shape index (κ1) is 14.3. The predicted octanol–water partition coefficient (Wildman–Crippen LogP) is 3.86. The zero-order valence-corrected chi connectivity index (χ0v) is 13.4. The highest BCUT2D eigenvalue weighted by atomic mass is 79.9. The van der Waals surface area contributed by atoms with Crippen LogP contribution in [0.4, 0.5) is 0 Å². The van der Waals surface area contributed by atoms with E-state index < -0.39 is 0 Å². The molecular weight excluding hydrogens is 302 g/mol. The normalized spacial score (nSPS) is 11.8. The van der Waals surface area contributed by atoms with Gasteiger partial charge in [0.15, 0.2) is 0 Å². The Morgan fingerprint density at radius 1 is 1.21 bits per heavy atom. The molecule has 0 fully saturated rings. The fourth-order valence-electron chi connectivity index (χ4n) is 1.97. The number of nitrogens with one attached hydrogen (secondary N) is 2. The zero-order chi connectivity index (χ0) is 14.0. The van der Waals surface area contributed by atoms with Crippen molar-refractivity contribution in [2.75, 3.05) is 7.05 Å². The van der Waals surface area contributed by atoms with E-state index in [1.165, 1.54) is 5.56 Å². The van der Waals surface area contributed by atoms with Gasteiger partial charge in [-0.05, 0) is 34.0 Å². The summed E-state index contributed by atoms with van der Waals surface area (Å²) in [4.78, 5) is 7.83. The van der Waals surface area contributed by atoms with Gasteiger partial charge in [-0.25, -0.2) is 4.98 Å². The van der Waals surface area contributed by atoms with Crippen molar-refractivity contribution in [2.24, 2.45) is 0 Å². The Morgan fingerprint density at radius 3 is 2.37 bits per heavy atom. The van der Waals surface area contributed by atoms with E-state index >= 15 is 0 Å². The van der Waals surface area contributed by atoms with E-state index in [1.807, 2.05) is 7.05 Å². The second-order valence-electron chi connectivity index (χ2n) is 5.70. The highest BCUT2D eigenvalue weighted by Gasteiger charge is 2.14. The van der Waals surface area contributed by atoms with Gasteiger partial charge < -0.3 is 10.3 Å². The first-order valence-corrected chi connectivity index (χ1v) is 7.21. The fraction of sp³-hybridized carbons (Fsp3) is 0.400. The lowest BCUT2D eigenvalue weighted by Gasteiger charge is -2.18. The van der Waals surface area contributed by atoms with E-state index in [4.69, 9.17) is 0 Å². The van der Waals surface area contributed by atoms with Gasteiger partial charge in [0, 0.05) is 5.56 Å². The molecule has 0 radical (unpaired) electrons. The number of aromatic nitrogens is 2. The number of hydrogen-bond acceptors (Lipinski definition) is 2. The third kappa shape index (κ3) is 3.25. The Balaban J connectivity index is 2.32. The summed E-state index contributed by atoms with van der Waals surface area (Å²) < 4.78 is 0.932. The van der Waals surface area contributed by atoms with Crippen LogP contribution in [-0.4, -0.2) is 17.0 Å². The van der Waals surface area contributed by atoms with Crippen molar-refractivity contribution >= 4 is 15.9 Å². The van der Waals surface area contributed by atoms with Crippen LogP contribution in [0.25, 0.3) is 11.3 Å². The van der Waals surface area contributed by atoms with Crippen molar-refractivity contribution in [1.82, 2.24) is 15.3 Å². The standard InChI is InChI=1S/C15H20BrN3/c1-15(2,3)11-7-5-10(6-8-11)13-14(16)19-12(18-13)9-17-4/h5-8,17H,9H2,1-4H3,(H,18,19). The smallest absolute Gasteiger partial charge is 0.121 e. The molecule has 1 aromatic carbocycles. The quantitative estimate of drug-likeness (QED) is 0.901. The Morgan fingerprint density at radius 2 is 1.84 bits per heavy atom. The summed E-state index contributed by atoms with van der Waals surface area (Å²) in [6.07, 6.45) is 0. The number of halogens is 1. The first-order valence-electron chi connectivity index (χ1n) is 6.41. The van der Waals surface area contributed by atoms with E-state index in [9.17, 15) is 0 Å². The van der Waals surface area contributed by atoms with E-state index in [1.54, 1.807) is 0 Å². The van der Waals surface area contributed by atoms with Gasteiger partial charge in [0.25, 0.3) is 0 Å². The minimum atomic E-state index is 0.179. The molecule has 19 heavy (non-hydrogen) atoms. The van der Waals surface area contributed by atoms with Gasteiger partial charge >= 0.3 is 0 Å². The number of benzene rings is 1. The molecule has 102 valence electrons. The van der Waals surface area contributed by atoms with Crippen LogP contribution in [0.15, 0.2) is 28.9 Å². The third-order valence-electron chi connectivity index (χ3n) is 3.08. The topological polar surface area (TPSA) is 40.7 Å². The predicted molar refractivity (Wildman–Crippen MR) is 83.2 cm³/mol. The maximum Gasteiger partial charge on any atom is 0.121 e. The highest BCUT2D eigenvalue weighted by Crippen LogP contribution is 2.29. The molecule has 0 unspecified atom stereocenters. The molecule has 4 heteroatoms. The molecule has 0 saturated heterocycles. The Hall–Kier alpha value is -1.13. The summed E-state index contributed by atoms with van der Waals surface area (Å²) in [6.45, 7) is 7.39. The van der Waals surface area contributed by atoms with Gasteiger partial charge in [0.1, 0.15) is 16.1 Å².